The number of anilines is 1. The van der Waals surface area contributed by atoms with Crippen molar-refractivity contribution in [1.82, 2.24) is 14.9 Å². The van der Waals surface area contributed by atoms with Gasteiger partial charge in [0.25, 0.3) is 6.01 Å². The molecule has 2 bridgehead atoms. The van der Waals surface area contributed by atoms with Crippen molar-refractivity contribution < 1.29 is 19.4 Å². The molecule has 0 spiro atoms. The molecule has 29 heavy (non-hydrogen) atoms. The molecule has 0 saturated carbocycles. The maximum absolute atomic E-state index is 11.6. The first-order valence-corrected chi connectivity index (χ1v) is 10.5. The van der Waals surface area contributed by atoms with E-state index >= 15 is 0 Å². The number of nitrogens with zero attached hydrogens (tertiary/aromatic N) is 4. The van der Waals surface area contributed by atoms with Crippen LogP contribution in [0.1, 0.15) is 32.3 Å². The van der Waals surface area contributed by atoms with Gasteiger partial charge in [-0.2, -0.15) is 4.98 Å². The van der Waals surface area contributed by atoms with Crippen LogP contribution in [0.5, 0.6) is 0 Å². The monoisotopic (exact) mass is 414 g/mol. The van der Waals surface area contributed by atoms with Crippen molar-refractivity contribution in [3.8, 4) is 10.6 Å². The summed E-state index contributed by atoms with van der Waals surface area (Å²) in [5, 5.41) is 22.9. The van der Waals surface area contributed by atoms with Crippen LogP contribution in [0.2, 0.25) is 0 Å². The smallest absolute Gasteiger partial charge is 0.407 e. The molecule has 2 aromatic heterocycles. The Morgan fingerprint density at radius 2 is 2.00 bits per heavy atom. The predicted molar refractivity (Wildman–Crippen MR) is 109 cm³/mol. The number of benzene rings is 1. The maximum atomic E-state index is 11.6. The van der Waals surface area contributed by atoms with E-state index in [9.17, 15) is 15.0 Å². The summed E-state index contributed by atoms with van der Waals surface area (Å²) >= 11 is 1.52. The van der Waals surface area contributed by atoms with Gasteiger partial charge in [-0.15, -0.1) is 11.3 Å². The average Bonchev–Trinajstić information content (AvgIpc) is 3.37. The van der Waals surface area contributed by atoms with Crippen LogP contribution >= 0.6 is 11.3 Å². The van der Waals surface area contributed by atoms with Gasteiger partial charge in [-0.1, -0.05) is 6.07 Å². The van der Waals surface area contributed by atoms with Gasteiger partial charge in [0.15, 0.2) is 5.58 Å². The topological polar surface area (TPSA) is 103 Å². The van der Waals surface area contributed by atoms with E-state index in [2.05, 4.69) is 4.98 Å². The molecule has 3 aromatic rings. The number of rotatable bonds is 3. The van der Waals surface area contributed by atoms with Gasteiger partial charge in [0, 0.05) is 30.2 Å². The van der Waals surface area contributed by atoms with E-state index in [0.29, 0.717) is 35.8 Å². The van der Waals surface area contributed by atoms with Crippen LogP contribution in [0, 0.1) is 0 Å². The second-order valence-corrected chi connectivity index (χ2v) is 9.11. The third-order valence-electron chi connectivity index (χ3n) is 5.83. The van der Waals surface area contributed by atoms with Gasteiger partial charge < -0.3 is 19.5 Å². The molecule has 2 saturated heterocycles. The van der Waals surface area contributed by atoms with Gasteiger partial charge in [0.05, 0.1) is 23.2 Å². The predicted octanol–water partition coefficient (Wildman–Crippen LogP) is 3.51. The molecule has 0 aliphatic carbocycles. The number of carbonyl (C=O) groups is 1. The van der Waals surface area contributed by atoms with Crippen molar-refractivity contribution in [2.45, 2.75) is 44.4 Å². The number of oxazole rings is 1. The van der Waals surface area contributed by atoms with Crippen molar-refractivity contribution in [2.24, 2.45) is 0 Å². The lowest BCUT2D eigenvalue weighted by Gasteiger charge is -2.38. The van der Waals surface area contributed by atoms with Crippen molar-refractivity contribution in [3.63, 3.8) is 0 Å². The highest BCUT2D eigenvalue weighted by Gasteiger charge is 2.44. The standard InChI is InChI=1S/C20H22N4O4S/c1-20(2,27)14-6-5-13(17-21-7-8-29-17)16-15(14)22-18(28-16)23-9-11-3-4-12(10-23)24(11)19(25)26/h5-8,11-12,27H,3-4,9-10H2,1-2H3,(H,25,26). The average molecular weight is 414 g/mol. The zero-order valence-corrected chi connectivity index (χ0v) is 17.0. The Bertz CT molecular complexity index is 1060. The molecule has 2 atom stereocenters. The molecule has 1 aromatic carbocycles. The van der Waals surface area contributed by atoms with Crippen LogP contribution in [0.3, 0.4) is 0 Å². The highest BCUT2D eigenvalue weighted by molar-refractivity contribution is 7.13. The molecule has 2 aliphatic heterocycles. The van der Waals surface area contributed by atoms with Gasteiger partial charge in [-0.25, -0.2) is 9.78 Å². The SMILES string of the molecule is CC(C)(O)c1ccc(-c2nccs2)c2oc(N3CC4CCC(C3)N4C(=O)O)nc12. The number of carboxylic acid groups (broad SMARTS) is 1. The summed E-state index contributed by atoms with van der Waals surface area (Å²) in [6.45, 7) is 4.57. The Kier molecular flexibility index (Phi) is 4.08. The van der Waals surface area contributed by atoms with Crippen LogP contribution in [0.4, 0.5) is 10.8 Å². The number of aliphatic hydroxyl groups is 1. The Hall–Kier alpha value is -2.65. The van der Waals surface area contributed by atoms with E-state index in [1.165, 1.54) is 11.3 Å². The molecular weight excluding hydrogens is 392 g/mol. The van der Waals surface area contributed by atoms with E-state index < -0.39 is 11.7 Å². The van der Waals surface area contributed by atoms with Crippen LogP contribution < -0.4 is 4.90 Å². The molecule has 8 nitrogen and oxygen atoms in total. The van der Waals surface area contributed by atoms with E-state index in [-0.39, 0.29) is 12.1 Å². The van der Waals surface area contributed by atoms with Crippen LogP contribution in [0.15, 0.2) is 28.1 Å². The quantitative estimate of drug-likeness (QED) is 0.676. The first-order valence-electron chi connectivity index (χ1n) is 9.65. The largest absolute Gasteiger partial charge is 0.465 e. The number of hydrogen-bond donors (Lipinski definition) is 2. The Morgan fingerprint density at radius 3 is 2.59 bits per heavy atom. The second-order valence-electron chi connectivity index (χ2n) is 8.21. The molecule has 9 heteroatoms. The summed E-state index contributed by atoms with van der Waals surface area (Å²) in [7, 11) is 0. The molecule has 1 amide bonds. The minimum atomic E-state index is -1.07. The molecular formula is C20H22N4O4S. The van der Waals surface area contributed by atoms with E-state index in [4.69, 9.17) is 9.40 Å². The zero-order valence-electron chi connectivity index (χ0n) is 16.2. The number of piperazine rings is 1. The van der Waals surface area contributed by atoms with Crippen molar-refractivity contribution in [1.29, 1.82) is 0 Å². The molecule has 2 aliphatic rings. The number of aromatic nitrogens is 2. The highest BCUT2D eigenvalue weighted by atomic mass is 32.1. The second kappa shape index (κ2) is 6.43. The molecule has 2 unspecified atom stereocenters. The van der Waals surface area contributed by atoms with Crippen LogP contribution in [-0.4, -0.2) is 56.3 Å². The third kappa shape index (κ3) is 2.96. The Morgan fingerprint density at radius 1 is 1.28 bits per heavy atom. The molecule has 5 rings (SSSR count). The normalized spacial score (nSPS) is 21.9. The number of hydrogen-bond acceptors (Lipinski definition) is 7. The van der Waals surface area contributed by atoms with Gasteiger partial charge in [-0.05, 0) is 32.8 Å². The lowest BCUT2D eigenvalue weighted by molar-refractivity contribution is 0.0800. The third-order valence-corrected chi connectivity index (χ3v) is 6.63. The summed E-state index contributed by atoms with van der Waals surface area (Å²) in [5.74, 6) is 0. The lowest BCUT2D eigenvalue weighted by Crippen LogP contribution is -2.55. The van der Waals surface area contributed by atoms with Gasteiger partial charge >= 0.3 is 6.09 Å². The molecule has 152 valence electrons. The van der Waals surface area contributed by atoms with Gasteiger partial charge in [0.1, 0.15) is 10.5 Å². The fraction of sp³-hybridized carbons (Fsp3) is 0.450. The Labute approximate surface area is 171 Å². The van der Waals surface area contributed by atoms with Crippen molar-refractivity contribution in [2.75, 3.05) is 18.0 Å². The summed E-state index contributed by atoms with van der Waals surface area (Å²) in [6, 6.07) is 4.16. The van der Waals surface area contributed by atoms with Gasteiger partial charge in [0.2, 0.25) is 0 Å². The molecule has 0 radical (unpaired) electrons. The van der Waals surface area contributed by atoms with Crippen molar-refractivity contribution >= 4 is 34.5 Å². The number of fused-ring (bicyclic) bond motifs is 3. The fourth-order valence-electron chi connectivity index (χ4n) is 4.52. The zero-order chi connectivity index (χ0) is 20.3. The van der Waals surface area contributed by atoms with E-state index in [0.717, 1.165) is 23.4 Å². The number of amides is 1. The van der Waals surface area contributed by atoms with Gasteiger partial charge in [-0.3, -0.25) is 4.90 Å². The fourth-order valence-corrected chi connectivity index (χ4v) is 5.18. The summed E-state index contributed by atoms with van der Waals surface area (Å²) < 4.78 is 6.22. The molecule has 2 N–H and O–H groups in total. The van der Waals surface area contributed by atoms with E-state index in [1.807, 2.05) is 22.4 Å². The minimum absolute atomic E-state index is 0.0477. The minimum Gasteiger partial charge on any atom is -0.465 e. The summed E-state index contributed by atoms with van der Waals surface area (Å²) in [6.07, 6.45) is 2.60. The maximum Gasteiger partial charge on any atom is 0.407 e. The number of thiazole rings is 1. The first kappa shape index (κ1) is 18.4. The highest BCUT2D eigenvalue weighted by Crippen LogP contribution is 2.39. The van der Waals surface area contributed by atoms with Crippen LogP contribution in [-0.2, 0) is 5.60 Å². The van der Waals surface area contributed by atoms with E-state index in [1.54, 1.807) is 24.9 Å². The van der Waals surface area contributed by atoms with Crippen molar-refractivity contribution in [3.05, 3.63) is 29.3 Å². The summed E-state index contributed by atoms with van der Waals surface area (Å²) in [4.78, 5) is 24.3. The lowest BCUT2D eigenvalue weighted by atomic mass is 9.95. The summed E-state index contributed by atoms with van der Waals surface area (Å²) in [5.41, 5.74) is 1.68. The molecule has 2 fully saturated rings. The Balaban J connectivity index is 1.59. The van der Waals surface area contributed by atoms with Crippen LogP contribution in [0.25, 0.3) is 21.7 Å². The first-order chi connectivity index (χ1) is 13.8. The molecule has 4 heterocycles.